The molecule has 5 rings (SSSR count). The van der Waals surface area contributed by atoms with Gasteiger partial charge in [0.05, 0.1) is 23.6 Å². The second kappa shape index (κ2) is 9.36. The van der Waals surface area contributed by atoms with Gasteiger partial charge in [0.1, 0.15) is 11.6 Å². The van der Waals surface area contributed by atoms with Gasteiger partial charge in [0.15, 0.2) is 5.11 Å². The Balaban J connectivity index is 1.58. The van der Waals surface area contributed by atoms with Gasteiger partial charge in [-0.25, -0.2) is 4.39 Å². The zero-order valence-electron chi connectivity index (χ0n) is 18.5. The standard InChI is InChI=1S/C25H21FN4O2S2/c1-15-21(24-28-23(29-32-24)20-4-3-13-34-20)22(17-7-11-19(31-2)12-8-17)27-25(33)30(15)14-16-5-9-18(26)10-6-16/h3-13,22H,14H2,1-2H3,(H,27,33). The summed E-state index contributed by atoms with van der Waals surface area (Å²) in [4.78, 5) is 7.60. The molecule has 3 heterocycles. The maximum atomic E-state index is 13.4. The first-order chi connectivity index (χ1) is 16.5. The summed E-state index contributed by atoms with van der Waals surface area (Å²) in [5.74, 6) is 1.44. The summed E-state index contributed by atoms with van der Waals surface area (Å²) in [6.07, 6.45) is 0. The van der Waals surface area contributed by atoms with Crippen LogP contribution in [-0.4, -0.2) is 27.3 Å². The van der Waals surface area contributed by atoms with E-state index in [1.54, 1.807) is 30.6 Å². The lowest BCUT2D eigenvalue weighted by Gasteiger charge is -2.37. The third-order valence-corrected chi connectivity index (χ3v) is 6.90. The van der Waals surface area contributed by atoms with Gasteiger partial charge < -0.3 is 19.5 Å². The zero-order chi connectivity index (χ0) is 23.7. The lowest BCUT2D eigenvalue weighted by Crippen LogP contribution is -2.45. The summed E-state index contributed by atoms with van der Waals surface area (Å²) in [6.45, 7) is 2.46. The van der Waals surface area contributed by atoms with Crippen LogP contribution in [0.1, 0.15) is 30.0 Å². The molecule has 0 saturated carbocycles. The van der Waals surface area contributed by atoms with E-state index < -0.39 is 0 Å². The average Bonchev–Trinajstić information content (AvgIpc) is 3.55. The van der Waals surface area contributed by atoms with Gasteiger partial charge in [0.2, 0.25) is 5.82 Å². The third-order valence-electron chi connectivity index (χ3n) is 5.70. The Bertz CT molecular complexity index is 1330. The number of benzene rings is 2. The molecular weight excluding hydrogens is 471 g/mol. The van der Waals surface area contributed by atoms with Gasteiger partial charge >= 0.3 is 0 Å². The Kier molecular flexibility index (Phi) is 6.12. The summed E-state index contributed by atoms with van der Waals surface area (Å²) in [5, 5.41) is 10.2. The molecule has 1 N–H and O–H groups in total. The molecule has 1 atom stereocenters. The number of nitrogens with one attached hydrogen (secondary N) is 1. The highest BCUT2D eigenvalue weighted by atomic mass is 32.1. The zero-order valence-corrected chi connectivity index (χ0v) is 20.1. The van der Waals surface area contributed by atoms with E-state index in [2.05, 4.69) is 10.5 Å². The van der Waals surface area contributed by atoms with Gasteiger partial charge in [-0.2, -0.15) is 4.98 Å². The van der Waals surface area contributed by atoms with Crippen LogP contribution in [0, 0.1) is 5.82 Å². The van der Waals surface area contributed by atoms with Crippen molar-refractivity contribution in [1.29, 1.82) is 0 Å². The number of ether oxygens (including phenoxy) is 1. The van der Waals surface area contributed by atoms with E-state index in [9.17, 15) is 4.39 Å². The number of methoxy groups -OCH3 is 1. The predicted molar refractivity (Wildman–Crippen MR) is 134 cm³/mol. The van der Waals surface area contributed by atoms with Gasteiger partial charge in [0.25, 0.3) is 5.89 Å². The molecule has 9 heteroatoms. The Morgan fingerprint density at radius 1 is 1.15 bits per heavy atom. The number of thiophene rings is 1. The van der Waals surface area contributed by atoms with Crippen LogP contribution < -0.4 is 10.1 Å². The highest BCUT2D eigenvalue weighted by Crippen LogP contribution is 2.38. The molecule has 0 spiro atoms. The van der Waals surface area contributed by atoms with E-state index in [-0.39, 0.29) is 11.9 Å². The summed E-state index contributed by atoms with van der Waals surface area (Å²) >= 11 is 7.29. The average molecular weight is 493 g/mol. The first-order valence-corrected chi connectivity index (χ1v) is 11.9. The van der Waals surface area contributed by atoms with Crippen molar-refractivity contribution in [3.8, 4) is 16.5 Å². The van der Waals surface area contributed by atoms with Crippen LogP contribution >= 0.6 is 23.6 Å². The molecule has 1 unspecified atom stereocenters. The maximum absolute atomic E-state index is 13.4. The minimum atomic E-state index is -0.292. The van der Waals surface area contributed by atoms with Crippen molar-refractivity contribution in [3.63, 3.8) is 0 Å². The number of thiocarbonyl (C=S) groups is 1. The highest BCUT2D eigenvalue weighted by molar-refractivity contribution is 7.80. The molecule has 34 heavy (non-hydrogen) atoms. The van der Waals surface area contributed by atoms with Gasteiger partial charge in [-0.3, -0.25) is 0 Å². The predicted octanol–water partition coefficient (Wildman–Crippen LogP) is 5.81. The second-order valence-corrected chi connectivity index (χ2v) is 9.10. The Morgan fingerprint density at radius 2 is 1.91 bits per heavy atom. The first-order valence-electron chi connectivity index (χ1n) is 10.6. The molecule has 6 nitrogen and oxygen atoms in total. The van der Waals surface area contributed by atoms with Crippen molar-refractivity contribution in [1.82, 2.24) is 20.4 Å². The van der Waals surface area contributed by atoms with Crippen molar-refractivity contribution in [2.45, 2.75) is 19.5 Å². The summed E-state index contributed by atoms with van der Waals surface area (Å²) < 4.78 is 24.5. The van der Waals surface area contributed by atoms with Gasteiger partial charge in [-0.1, -0.05) is 35.5 Å². The number of nitrogens with zero attached hydrogens (tertiary/aromatic N) is 3. The van der Waals surface area contributed by atoms with E-state index in [1.165, 1.54) is 12.1 Å². The number of halogens is 1. The van der Waals surface area contributed by atoms with Crippen molar-refractivity contribution in [2.24, 2.45) is 0 Å². The molecule has 1 aliphatic rings. The van der Waals surface area contributed by atoms with Crippen molar-refractivity contribution < 1.29 is 13.7 Å². The van der Waals surface area contributed by atoms with Crippen LogP contribution in [0.5, 0.6) is 5.75 Å². The Morgan fingerprint density at radius 3 is 2.59 bits per heavy atom. The van der Waals surface area contributed by atoms with Gasteiger partial charge in [0, 0.05) is 12.2 Å². The topological polar surface area (TPSA) is 63.4 Å². The molecular formula is C25H21FN4O2S2. The number of rotatable bonds is 6. The van der Waals surface area contributed by atoms with Crippen LogP contribution in [-0.2, 0) is 6.54 Å². The van der Waals surface area contributed by atoms with Crippen LogP contribution in [0.3, 0.4) is 0 Å². The Hall–Kier alpha value is -3.56. The van der Waals surface area contributed by atoms with Crippen LogP contribution in [0.15, 0.2) is 76.3 Å². The molecule has 2 aromatic heterocycles. The number of allylic oxidation sites excluding steroid dienone is 1. The lowest BCUT2D eigenvalue weighted by molar-refractivity contribution is 0.396. The smallest absolute Gasteiger partial charge is 0.258 e. The quantitative estimate of drug-likeness (QED) is 0.341. The van der Waals surface area contributed by atoms with Crippen LogP contribution in [0.2, 0.25) is 0 Å². The summed E-state index contributed by atoms with van der Waals surface area (Å²) in [7, 11) is 1.64. The largest absolute Gasteiger partial charge is 0.497 e. The molecule has 4 aromatic rings. The van der Waals surface area contributed by atoms with Crippen molar-refractivity contribution in [2.75, 3.05) is 7.11 Å². The minimum absolute atomic E-state index is 0.275. The molecule has 2 aromatic carbocycles. The van der Waals surface area contributed by atoms with E-state index in [1.807, 2.05) is 53.6 Å². The molecule has 0 bridgehead atoms. The molecule has 1 aliphatic heterocycles. The SMILES string of the molecule is COc1ccc(C2NC(=S)N(Cc3ccc(F)cc3)C(C)=C2c2nc(-c3cccs3)no2)cc1. The minimum Gasteiger partial charge on any atom is -0.497 e. The Labute approximate surface area is 205 Å². The van der Waals surface area contributed by atoms with E-state index in [0.29, 0.717) is 23.4 Å². The van der Waals surface area contributed by atoms with Gasteiger partial charge in [-0.15, -0.1) is 11.3 Å². The van der Waals surface area contributed by atoms with E-state index in [4.69, 9.17) is 26.5 Å². The third kappa shape index (κ3) is 4.32. The molecule has 0 aliphatic carbocycles. The van der Waals surface area contributed by atoms with Crippen LogP contribution in [0.4, 0.5) is 4.39 Å². The fourth-order valence-corrected chi connectivity index (χ4v) is 4.87. The maximum Gasteiger partial charge on any atom is 0.258 e. The second-order valence-electron chi connectivity index (χ2n) is 7.77. The molecule has 172 valence electrons. The normalized spacial score (nSPS) is 16.0. The van der Waals surface area contributed by atoms with Crippen LogP contribution in [0.25, 0.3) is 16.3 Å². The highest BCUT2D eigenvalue weighted by Gasteiger charge is 2.34. The lowest BCUT2D eigenvalue weighted by atomic mass is 9.94. The number of hydrogen-bond acceptors (Lipinski definition) is 6. The van der Waals surface area contributed by atoms with E-state index >= 15 is 0 Å². The fraction of sp³-hybridized carbons (Fsp3) is 0.160. The van der Waals surface area contributed by atoms with Crippen molar-refractivity contribution >= 4 is 34.2 Å². The fourth-order valence-electron chi connectivity index (χ4n) is 3.91. The molecule has 0 fully saturated rings. The summed E-state index contributed by atoms with van der Waals surface area (Å²) in [5.41, 5.74) is 3.62. The number of aromatic nitrogens is 2. The first kappa shape index (κ1) is 22.2. The number of hydrogen-bond donors (Lipinski definition) is 1. The van der Waals surface area contributed by atoms with Crippen molar-refractivity contribution in [3.05, 3.63) is 94.6 Å². The molecule has 0 radical (unpaired) electrons. The van der Waals surface area contributed by atoms with Gasteiger partial charge in [-0.05, 0) is 66.0 Å². The monoisotopic (exact) mass is 492 g/mol. The van der Waals surface area contributed by atoms with E-state index in [0.717, 1.165) is 33.0 Å². The molecule has 0 amide bonds. The molecule has 0 saturated heterocycles. The summed E-state index contributed by atoms with van der Waals surface area (Å²) in [6, 6.07) is 17.8.